The van der Waals surface area contributed by atoms with Gasteiger partial charge in [-0.15, -0.1) is 0 Å². The summed E-state index contributed by atoms with van der Waals surface area (Å²) in [6, 6.07) is 14.7. The number of fused-ring (bicyclic) bond motifs is 1. The Morgan fingerprint density at radius 1 is 0.695 bits per heavy atom. The van der Waals surface area contributed by atoms with Gasteiger partial charge in [0.05, 0.1) is 11.6 Å². The van der Waals surface area contributed by atoms with Gasteiger partial charge in [-0.1, -0.05) is 12.1 Å². The van der Waals surface area contributed by atoms with E-state index in [9.17, 15) is 60.0 Å². The maximum Gasteiger partial charge on any atom is 0.510 e. The van der Waals surface area contributed by atoms with Crippen LogP contribution in [0.15, 0.2) is 82.0 Å². The van der Waals surface area contributed by atoms with E-state index in [2.05, 4.69) is 0 Å². The number of esters is 2. The van der Waals surface area contributed by atoms with Crippen molar-refractivity contribution in [3.63, 3.8) is 0 Å². The highest BCUT2D eigenvalue weighted by Gasteiger charge is 2.48. The van der Waals surface area contributed by atoms with E-state index >= 15 is 0 Å². The minimum absolute atomic E-state index is 0.0374. The Balaban J connectivity index is 1.28. The lowest BCUT2D eigenvalue weighted by Crippen LogP contribution is -2.60. The maximum atomic E-state index is 12.9. The molecule has 4 aliphatic rings. The summed E-state index contributed by atoms with van der Waals surface area (Å²) in [5.74, 6) is -4.20. The van der Waals surface area contributed by atoms with Gasteiger partial charge in [0.15, 0.2) is 23.0 Å². The number of phenolic OH excluding ortho intramolecular Hbond substituents is 2. The minimum atomic E-state index is -1.96. The number of carboxylic acid groups (broad SMARTS) is 1. The molecule has 0 bridgehead atoms. The van der Waals surface area contributed by atoms with E-state index in [-0.39, 0.29) is 45.6 Å². The van der Waals surface area contributed by atoms with E-state index in [0.717, 1.165) is 12.1 Å². The Labute approximate surface area is 332 Å². The second-order valence-electron chi connectivity index (χ2n) is 13.4. The molecule has 10 N–H and O–H groups in total. The van der Waals surface area contributed by atoms with Crippen LogP contribution in [0.25, 0.3) is 28.7 Å². The predicted octanol–water partition coefficient (Wildman–Crippen LogP) is -0.554. The van der Waals surface area contributed by atoms with Gasteiger partial charge in [-0.3, -0.25) is 14.4 Å². The molecule has 0 radical (unpaired) electrons. The number of phenols is 2. The molecule has 2 saturated heterocycles. The summed E-state index contributed by atoms with van der Waals surface area (Å²) in [6.45, 7) is -1.31. The van der Waals surface area contributed by atoms with Crippen LogP contribution in [0.4, 0.5) is 0 Å². The molecule has 20 nitrogen and oxygen atoms in total. The van der Waals surface area contributed by atoms with Crippen LogP contribution in [-0.2, 0) is 28.5 Å². The van der Waals surface area contributed by atoms with Crippen molar-refractivity contribution in [2.24, 2.45) is 0 Å². The van der Waals surface area contributed by atoms with Gasteiger partial charge < -0.3 is 83.6 Å². The van der Waals surface area contributed by atoms with Crippen LogP contribution < -0.4 is 14.9 Å². The first-order chi connectivity index (χ1) is 28.1. The number of ether oxygens (including phenoxy) is 6. The zero-order valence-electron chi connectivity index (χ0n) is 30.5. The molecular weight excluding hydrogens is 788 g/mol. The van der Waals surface area contributed by atoms with Gasteiger partial charge in [0.25, 0.3) is 0 Å². The van der Waals surface area contributed by atoms with Gasteiger partial charge in [-0.2, -0.15) is 0 Å². The Morgan fingerprint density at radius 2 is 1.24 bits per heavy atom. The maximum absolute atomic E-state index is 12.9. The molecule has 3 heterocycles. The lowest BCUT2D eigenvalue weighted by atomic mass is 9.99. The van der Waals surface area contributed by atoms with Crippen molar-refractivity contribution in [3.8, 4) is 45.6 Å². The van der Waals surface area contributed by atoms with Crippen LogP contribution in [0, 0.1) is 0 Å². The minimum Gasteiger partial charge on any atom is -0.508 e. The van der Waals surface area contributed by atoms with Gasteiger partial charge >= 0.3 is 17.9 Å². The normalized spacial score (nSPS) is 26.9. The van der Waals surface area contributed by atoms with E-state index in [0.29, 0.717) is 5.56 Å². The summed E-state index contributed by atoms with van der Waals surface area (Å²) in [7, 11) is 0. The number of carboxylic acids is 1. The molecule has 6 rings (SSSR count). The molecule has 314 valence electrons. The van der Waals surface area contributed by atoms with Gasteiger partial charge in [-0.25, -0.2) is 0 Å². The molecular formula is C39H39O20+. The quantitative estimate of drug-likeness (QED) is 0.0353. The largest absolute Gasteiger partial charge is 0.510 e. The molecule has 0 spiro atoms. The topological polar surface area (TPSA) is 323 Å². The number of carbonyl (C=O) groups is 2. The Morgan fingerprint density at radius 3 is 1.81 bits per heavy atom. The third-order valence-corrected chi connectivity index (χ3v) is 9.15. The fraction of sp³-hybridized carbons (Fsp3) is 0.333. The second-order valence-corrected chi connectivity index (χ2v) is 13.4. The van der Waals surface area contributed by atoms with Crippen LogP contribution in [0.5, 0.6) is 23.0 Å². The van der Waals surface area contributed by atoms with Gasteiger partial charge in [0, 0.05) is 17.7 Å². The highest BCUT2D eigenvalue weighted by molar-refractivity contribution is 5.90. The number of hydrogen-bond acceptors (Lipinski definition) is 18. The Kier molecular flexibility index (Phi) is 13.1. The first kappa shape index (κ1) is 42.5. The zero-order chi connectivity index (χ0) is 42.5. The lowest BCUT2D eigenvalue weighted by Gasteiger charge is -2.40. The number of hydrogen-bond donors (Lipinski definition) is 9. The van der Waals surface area contributed by atoms with Crippen molar-refractivity contribution in [1.29, 1.82) is 0 Å². The first-order valence-electron chi connectivity index (χ1n) is 17.7. The number of aromatic hydroxyl groups is 2. The van der Waals surface area contributed by atoms with Crippen molar-refractivity contribution in [2.45, 2.75) is 67.8 Å². The van der Waals surface area contributed by atoms with E-state index in [1.165, 1.54) is 54.6 Å². The predicted molar refractivity (Wildman–Crippen MR) is 197 cm³/mol. The van der Waals surface area contributed by atoms with Crippen LogP contribution in [0.1, 0.15) is 12.0 Å². The number of aliphatic carboxylic acids is 1. The first-order valence-corrected chi connectivity index (χ1v) is 17.7. The summed E-state index contributed by atoms with van der Waals surface area (Å²) in [6.07, 6.45) is -16.2. The number of benzene rings is 3. The monoisotopic (exact) mass is 827 g/mol. The summed E-state index contributed by atoms with van der Waals surface area (Å²) in [5, 5.41) is 92.5. The van der Waals surface area contributed by atoms with Crippen molar-refractivity contribution < 1.29 is 93.2 Å². The van der Waals surface area contributed by atoms with Crippen molar-refractivity contribution >= 4 is 24.0 Å². The molecule has 1 aliphatic carbocycles. The molecule has 0 saturated carbocycles. The van der Waals surface area contributed by atoms with Crippen LogP contribution in [-0.4, -0.2) is 143 Å². The molecule has 2 fully saturated rings. The molecule has 0 unspecified atom stereocenters. The van der Waals surface area contributed by atoms with Gasteiger partial charge in [-0.05, 0) is 54.1 Å². The molecule has 3 aliphatic heterocycles. The average molecular weight is 828 g/mol. The molecule has 0 amide bonds. The third kappa shape index (κ3) is 10.1. The van der Waals surface area contributed by atoms with Gasteiger partial charge in [0.2, 0.25) is 19.2 Å². The van der Waals surface area contributed by atoms with Crippen LogP contribution in [0.2, 0.25) is 0 Å². The Hall–Kier alpha value is -6.10. The van der Waals surface area contributed by atoms with Crippen molar-refractivity contribution in [1.82, 2.24) is 0 Å². The molecule has 10 atom stereocenters. The average Bonchev–Trinajstić information content (AvgIpc) is 3.20. The zero-order valence-corrected chi connectivity index (χ0v) is 30.5. The summed E-state index contributed by atoms with van der Waals surface area (Å²) < 4.78 is 39.5. The summed E-state index contributed by atoms with van der Waals surface area (Å²) in [5.41, 5.74) is 0.126. The fourth-order valence-corrected chi connectivity index (χ4v) is 6.03. The van der Waals surface area contributed by atoms with E-state index in [1.54, 1.807) is 12.1 Å². The van der Waals surface area contributed by atoms with Crippen LogP contribution >= 0.6 is 0 Å². The van der Waals surface area contributed by atoms with E-state index in [4.69, 9.17) is 37.9 Å². The molecule has 2 aromatic carbocycles. The summed E-state index contributed by atoms with van der Waals surface area (Å²) in [4.78, 5) is 45.9. The third-order valence-electron chi connectivity index (χ3n) is 9.15. The molecule has 20 heteroatoms. The van der Waals surface area contributed by atoms with E-state index < -0.39 is 104 Å². The number of aliphatic hydroxyl groups is 6. The number of aliphatic hydroxyl groups excluding tert-OH is 6. The lowest BCUT2D eigenvalue weighted by molar-refractivity contribution is -0.278. The highest BCUT2D eigenvalue weighted by atomic mass is 16.7. The fourth-order valence-electron chi connectivity index (χ4n) is 6.03. The van der Waals surface area contributed by atoms with Crippen LogP contribution in [0.3, 0.4) is 0 Å². The van der Waals surface area contributed by atoms with E-state index in [1.807, 2.05) is 0 Å². The highest BCUT2D eigenvalue weighted by Crippen LogP contribution is 2.43. The Bertz CT molecular complexity index is 2170. The summed E-state index contributed by atoms with van der Waals surface area (Å²) >= 11 is 0. The number of rotatable bonds is 13. The SMILES string of the molecule is O=C(O)CC(=O)OC[C@H]1O[C@@H](Oc2cc(=O)cc3oc(-c4ccc(O)cc4)c(O[C@@H]4O[C@H](COC(=[OH+])C=Cc5ccc(O)cc5)[C@@H](O)[C@H](O)[C@H]4O)cc2-3)[C@H](O)[C@@H](O)[C@@H]1O. The smallest absolute Gasteiger partial charge is 0.508 e. The second kappa shape index (κ2) is 18.2. The van der Waals surface area contributed by atoms with Crippen molar-refractivity contribution in [2.75, 3.05) is 13.2 Å². The number of carbonyl (C=O) groups excluding carboxylic acids is 2. The van der Waals surface area contributed by atoms with Gasteiger partial charge in [0.1, 0.15) is 78.8 Å². The van der Waals surface area contributed by atoms with Crippen molar-refractivity contribution in [3.05, 3.63) is 88.6 Å². The standard InChI is InChI=1S/C39H38O20/c40-19-6-1-17(2-7-19)3-10-29(45)53-15-26-31(47)34(50)36(52)39(59-26)57-25-13-22-23(55-37(25)18-4-8-20(41)9-5-18)11-21(42)12-24(22)56-38-35(51)33(49)32(48)27(58-38)16-54-30(46)14-28(43)44/h1-13,26-27,31-36,38-41,47-52H,14-16H2,(H,43,44)/p+1/t26-,27-,31-,32-,33+,34+,35-,36-,38-,39-/m1/s1. The molecule has 59 heavy (non-hydrogen) atoms. The molecule has 0 aromatic heterocycles. The molecule has 2 aromatic rings.